The molecular formula is C18H22F3N3O3. The SMILES string of the molecule is O=C(Nc1cccc(N2CCOCC2)c1)C1CCN(C(=O)C(F)(F)F)CC1. The molecule has 0 aliphatic carbocycles. The molecule has 2 aliphatic heterocycles. The lowest BCUT2D eigenvalue weighted by molar-refractivity contribution is -0.186. The summed E-state index contributed by atoms with van der Waals surface area (Å²) in [7, 11) is 0. The summed E-state index contributed by atoms with van der Waals surface area (Å²) in [5.74, 6) is -2.47. The van der Waals surface area contributed by atoms with Crippen LogP contribution in [0.5, 0.6) is 0 Å². The average Bonchev–Trinajstić information content (AvgIpc) is 2.67. The topological polar surface area (TPSA) is 61.9 Å². The highest BCUT2D eigenvalue weighted by Crippen LogP contribution is 2.26. The summed E-state index contributed by atoms with van der Waals surface area (Å²) in [6.07, 6.45) is -4.43. The number of nitrogens with one attached hydrogen (secondary N) is 1. The maximum atomic E-state index is 12.5. The van der Waals surface area contributed by atoms with Crippen LogP contribution in [0.1, 0.15) is 12.8 Å². The van der Waals surface area contributed by atoms with E-state index in [2.05, 4.69) is 10.2 Å². The zero-order valence-electron chi connectivity index (χ0n) is 14.8. The lowest BCUT2D eigenvalue weighted by Crippen LogP contribution is -2.46. The summed E-state index contributed by atoms with van der Waals surface area (Å²) in [5.41, 5.74) is 1.64. The number of halogens is 3. The summed E-state index contributed by atoms with van der Waals surface area (Å²) in [6, 6.07) is 7.48. The summed E-state index contributed by atoms with van der Waals surface area (Å²) in [6.45, 7) is 2.75. The first kappa shape index (κ1) is 19.5. The van der Waals surface area contributed by atoms with Crippen LogP contribution in [-0.4, -0.2) is 62.3 Å². The van der Waals surface area contributed by atoms with Crippen molar-refractivity contribution >= 4 is 23.2 Å². The van der Waals surface area contributed by atoms with Crippen LogP contribution in [0, 0.1) is 5.92 Å². The zero-order chi connectivity index (χ0) is 19.4. The Bertz CT molecular complexity index is 682. The number of carbonyl (C=O) groups is 2. The second-order valence-corrected chi connectivity index (χ2v) is 6.70. The lowest BCUT2D eigenvalue weighted by atomic mass is 9.95. The molecule has 0 aromatic heterocycles. The van der Waals surface area contributed by atoms with Crippen LogP contribution in [0.3, 0.4) is 0 Å². The average molecular weight is 385 g/mol. The van der Waals surface area contributed by atoms with E-state index in [4.69, 9.17) is 4.74 Å². The van der Waals surface area contributed by atoms with Crippen LogP contribution in [0.2, 0.25) is 0 Å². The molecule has 9 heteroatoms. The molecule has 2 heterocycles. The number of amides is 2. The Morgan fingerprint density at radius 1 is 1.07 bits per heavy atom. The number of likely N-dealkylation sites (tertiary alicyclic amines) is 1. The number of alkyl halides is 3. The Hall–Kier alpha value is -2.29. The highest BCUT2D eigenvalue weighted by Gasteiger charge is 2.43. The van der Waals surface area contributed by atoms with E-state index < -0.39 is 18.0 Å². The third-order valence-electron chi connectivity index (χ3n) is 4.89. The van der Waals surface area contributed by atoms with Gasteiger partial charge in [-0.2, -0.15) is 13.2 Å². The maximum absolute atomic E-state index is 12.5. The molecule has 0 bridgehead atoms. The number of ether oxygens (including phenoxy) is 1. The van der Waals surface area contributed by atoms with Gasteiger partial charge in [0.2, 0.25) is 5.91 Å². The van der Waals surface area contributed by atoms with Crippen molar-refractivity contribution in [3.8, 4) is 0 Å². The van der Waals surface area contributed by atoms with Crippen molar-refractivity contribution in [3.63, 3.8) is 0 Å². The number of hydrogen-bond acceptors (Lipinski definition) is 4. The van der Waals surface area contributed by atoms with Gasteiger partial charge in [-0.1, -0.05) is 6.07 Å². The number of carbonyl (C=O) groups excluding carboxylic acids is 2. The summed E-state index contributed by atoms with van der Waals surface area (Å²) >= 11 is 0. The number of piperidine rings is 1. The normalized spacial score (nSPS) is 19.1. The molecule has 0 unspecified atom stereocenters. The minimum Gasteiger partial charge on any atom is -0.378 e. The van der Waals surface area contributed by atoms with E-state index in [9.17, 15) is 22.8 Å². The predicted molar refractivity (Wildman–Crippen MR) is 93.5 cm³/mol. The fourth-order valence-corrected chi connectivity index (χ4v) is 3.37. The molecule has 0 spiro atoms. The highest BCUT2D eigenvalue weighted by atomic mass is 19.4. The monoisotopic (exact) mass is 385 g/mol. The van der Waals surface area contributed by atoms with Gasteiger partial charge in [-0.05, 0) is 31.0 Å². The van der Waals surface area contributed by atoms with Gasteiger partial charge >= 0.3 is 12.1 Å². The van der Waals surface area contributed by atoms with Crippen LogP contribution in [0.4, 0.5) is 24.5 Å². The number of morpholine rings is 1. The van der Waals surface area contributed by atoms with Crippen molar-refractivity contribution in [1.29, 1.82) is 0 Å². The van der Waals surface area contributed by atoms with Gasteiger partial charge < -0.3 is 19.9 Å². The van der Waals surface area contributed by atoms with Gasteiger partial charge in [0.25, 0.3) is 0 Å². The number of anilines is 2. The zero-order valence-corrected chi connectivity index (χ0v) is 14.8. The molecule has 0 radical (unpaired) electrons. The molecule has 2 amide bonds. The van der Waals surface area contributed by atoms with E-state index in [1.165, 1.54) is 0 Å². The number of benzene rings is 1. The molecule has 0 saturated carbocycles. The van der Waals surface area contributed by atoms with Gasteiger partial charge in [-0.15, -0.1) is 0 Å². The first-order valence-corrected chi connectivity index (χ1v) is 8.94. The van der Waals surface area contributed by atoms with E-state index in [0.717, 1.165) is 23.7 Å². The quantitative estimate of drug-likeness (QED) is 0.867. The van der Waals surface area contributed by atoms with Crippen molar-refractivity contribution in [2.75, 3.05) is 49.6 Å². The Labute approximate surface area is 155 Å². The predicted octanol–water partition coefficient (Wildman–Crippen LogP) is 2.26. The summed E-state index contributed by atoms with van der Waals surface area (Å²) < 4.78 is 42.8. The van der Waals surface area contributed by atoms with Gasteiger partial charge in [-0.3, -0.25) is 9.59 Å². The van der Waals surface area contributed by atoms with Crippen LogP contribution < -0.4 is 10.2 Å². The van der Waals surface area contributed by atoms with Crippen molar-refractivity contribution in [2.24, 2.45) is 5.92 Å². The second kappa shape index (κ2) is 8.16. The van der Waals surface area contributed by atoms with Crippen molar-refractivity contribution < 1.29 is 27.5 Å². The third-order valence-corrected chi connectivity index (χ3v) is 4.89. The largest absolute Gasteiger partial charge is 0.471 e. The van der Waals surface area contributed by atoms with Gasteiger partial charge in [-0.25, -0.2) is 0 Å². The molecule has 0 atom stereocenters. The molecule has 2 saturated heterocycles. The van der Waals surface area contributed by atoms with E-state index >= 15 is 0 Å². The number of rotatable bonds is 3. The minimum atomic E-state index is -4.87. The molecule has 1 N–H and O–H groups in total. The first-order chi connectivity index (χ1) is 12.8. The third kappa shape index (κ3) is 4.91. The summed E-state index contributed by atoms with van der Waals surface area (Å²) in [4.78, 5) is 26.7. The van der Waals surface area contributed by atoms with Crippen LogP contribution in [0.15, 0.2) is 24.3 Å². The molecular weight excluding hydrogens is 363 g/mol. The van der Waals surface area contributed by atoms with Crippen LogP contribution in [-0.2, 0) is 14.3 Å². The van der Waals surface area contributed by atoms with Crippen molar-refractivity contribution in [3.05, 3.63) is 24.3 Å². The van der Waals surface area contributed by atoms with Gasteiger partial charge in [0.1, 0.15) is 0 Å². The van der Waals surface area contributed by atoms with E-state index in [1.807, 2.05) is 18.2 Å². The first-order valence-electron chi connectivity index (χ1n) is 8.94. The Morgan fingerprint density at radius 3 is 2.37 bits per heavy atom. The molecule has 1 aromatic carbocycles. The Balaban J connectivity index is 1.55. The van der Waals surface area contributed by atoms with Gasteiger partial charge in [0.05, 0.1) is 13.2 Å². The number of hydrogen-bond donors (Lipinski definition) is 1. The Morgan fingerprint density at radius 2 is 1.74 bits per heavy atom. The fourth-order valence-electron chi connectivity index (χ4n) is 3.37. The summed E-state index contributed by atoms with van der Waals surface area (Å²) in [5, 5.41) is 2.84. The molecule has 6 nitrogen and oxygen atoms in total. The number of nitrogens with zero attached hydrogens (tertiary/aromatic N) is 2. The molecule has 1 aromatic rings. The van der Waals surface area contributed by atoms with Crippen LogP contribution >= 0.6 is 0 Å². The van der Waals surface area contributed by atoms with Gasteiger partial charge in [0, 0.05) is 43.5 Å². The van der Waals surface area contributed by atoms with Crippen molar-refractivity contribution in [2.45, 2.75) is 19.0 Å². The van der Waals surface area contributed by atoms with E-state index in [-0.39, 0.29) is 31.8 Å². The second-order valence-electron chi connectivity index (χ2n) is 6.70. The lowest BCUT2D eigenvalue weighted by Gasteiger charge is -2.32. The molecule has 2 fully saturated rings. The maximum Gasteiger partial charge on any atom is 0.471 e. The molecule has 3 rings (SSSR count). The Kier molecular flexibility index (Phi) is 5.88. The van der Waals surface area contributed by atoms with Gasteiger partial charge in [0.15, 0.2) is 0 Å². The molecule has 2 aliphatic rings. The minimum absolute atomic E-state index is 0.0652. The highest BCUT2D eigenvalue weighted by molar-refractivity contribution is 5.93. The van der Waals surface area contributed by atoms with Crippen molar-refractivity contribution in [1.82, 2.24) is 4.90 Å². The molecule has 148 valence electrons. The standard InChI is InChI=1S/C18H22F3N3O3/c19-18(20,21)17(26)24-6-4-13(5-7-24)16(25)22-14-2-1-3-15(12-14)23-8-10-27-11-9-23/h1-3,12-13H,4-11H2,(H,22,25). The molecule has 27 heavy (non-hydrogen) atoms. The van der Waals surface area contributed by atoms with Crippen LogP contribution in [0.25, 0.3) is 0 Å². The van der Waals surface area contributed by atoms with E-state index in [1.54, 1.807) is 6.07 Å². The fraction of sp³-hybridized carbons (Fsp3) is 0.556. The smallest absolute Gasteiger partial charge is 0.378 e. The van der Waals surface area contributed by atoms with E-state index in [0.29, 0.717) is 18.9 Å².